The molecule has 1 aromatic rings. The van der Waals surface area contributed by atoms with E-state index in [9.17, 15) is 18.0 Å². The second-order valence-electron chi connectivity index (χ2n) is 4.36. The molecule has 0 bridgehead atoms. The van der Waals surface area contributed by atoms with Crippen molar-refractivity contribution in [2.75, 3.05) is 30.8 Å². The first-order chi connectivity index (χ1) is 9.85. The number of nitrogens with one attached hydrogen (secondary N) is 2. The summed E-state index contributed by atoms with van der Waals surface area (Å²) in [7, 11) is 1.43. The van der Waals surface area contributed by atoms with Crippen LogP contribution in [0.25, 0.3) is 0 Å². The fourth-order valence-corrected chi connectivity index (χ4v) is 1.61. The maximum absolute atomic E-state index is 12.2. The third kappa shape index (κ3) is 6.46. The normalized spacial score (nSPS) is 12.8. The van der Waals surface area contributed by atoms with Crippen molar-refractivity contribution in [3.05, 3.63) is 24.3 Å². The van der Waals surface area contributed by atoms with E-state index in [0.29, 0.717) is 0 Å². The maximum Gasteiger partial charge on any atom is 0.405 e. The summed E-state index contributed by atoms with van der Waals surface area (Å²) in [5.74, 6) is -0.381. The number of hydrogen-bond donors (Lipinski definition) is 3. The van der Waals surface area contributed by atoms with Crippen LogP contribution in [0.15, 0.2) is 24.3 Å². The van der Waals surface area contributed by atoms with Gasteiger partial charge >= 0.3 is 6.18 Å². The second-order valence-corrected chi connectivity index (χ2v) is 4.36. The summed E-state index contributed by atoms with van der Waals surface area (Å²) in [4.78, 5) is 11.8. The lowest BCUT2D eigenvalue weighted by molar-refractivity contribution is -0.118. The van der Waals surface area contributed by atoms with Crippen LogP contribution in [0.5, 0.6) is 0 Å². The van der Waals surface area contributed by atoms with E-state index in [1.54, 1.807) is 12.1 Å². The Morgan fingerprint density at radius 2 is 1.95 bits per heavy atom. The van der Waals surface area contributed by atoms with E-state index < -0.39 is 18.8 Å². The lowest BCUT2D eigenvalue weighted by atomic mass is 10.2. The average Bonchev–Trinajstić information content (AvgIpc) is 2.43. The van der Waals surface area contributed by atoms with Crippen LogP contribution in [-0.2, 0) is 9.53 Å². The molecule has 0 fully saturated rings. The fraction of sp³-hybridized carbons (Fsp3) is 0.462. The molecule has 0 spiro atoms. The van der Waals surface area contributed by atoms with Gasteiger partial charge in [-0.05, 0) is 12.1 Å². The third-order valence-electron chi connectivity index (χ3n) is 2.69. The first kappa shape index (κ1) is 17.3. The smallest absolute Gasteiger partial charge is 0.380 e. The summed E-state index contributed by atoms with van der Waals surface area (Å²) in [6.45, 7) is -0.999. The lowest BCUT2D eigenvalue weighted by Crippen LogP contribution is -2.28. The minimum Gasteiger partial charge on any atom is -0.380 e. The van der Waals surface area contributed by atoms with E-state index in [2.05, 4.69) is 10.6 Å². The fourth-order valence-electron chi connectivity index (χ4n) is 1.61. The Kier molecular flexibility index (Phi) is 6.44. The molecule has 0 aromatic heterocycles. The number of para-hydroxylation sites is 2. The molecular formula is C13H18F3N3O2. The monoisotopic (exact) mass is 305 g/mol. The minimum atomic E-state index is -4.34. The zero-order chi connectivity index (χ0) is 15.9. The largest absolute Gasteiger partial charge is 0.405 e. The van der Waals surface area contributed by atoms with Crippen molar-refractivity contribution in [1.29, 1.82) is 0 Å². The summed E-state index contributed by atoms with van der Waals surface area (Å²) in [5.41, 5.74) is 5.88. The van der Waals surface area contributed by atoms with Gasteiger partial charge in [0, 0.05) is 13.7 Å². The molecular weight excluding hydrogens is 287 g/mol. The molecule has 1 amide bonds. The van der Waals surface area contributed by atoms with Crippen LogP contribution in [0, 0.1) is 0 Å². The van der Waals surface area contributed by atoms with Crippen LogP contribution >= 0.6 is 0 Å². The molecule has 8 heteroatoms. The first-order valence-electron chi connectivity index (χ1n) is 6.28. The third-order valence-corrected chi connectivity index (χ3v) is 2.69. The van der Waals surface area contributed by atoms with Gasteiger partial charge in [-0.1, -0.05) is 12.1 Å². The number of alkyl halides is 3. The quantitative estimate of drug-likeness (QED) is 0.720. The number of amides is 1. The predicted octanol–water partition coefficient (Wildman–Crippen LogP) is 1.96. The first-order valence-corrected chi connectivity index (χ1v) is 6.28. The molecule has 1 aromatic carbocycles. The number of rotatable bonds is 7. The molecule has 5 nitrogen and oxygen atoms in total. The van der Waals surface area contributed by atoms with Crippen molar-refractivity contribution in [2.24, 2.45) is 5.73 Å². The summed E-state index contributed by atoms with van der Waals surface area (Å²) >= 11 is 0. The van der Waals surface area contributed by atoms with E-state index in [1.807, 2.05) is 0 Å². The molecule has 4 N–H and O–H groups in total. The van der Waals surface area contributed by atoms with Gasteiger partial charge < -0.3 is 21.1 Å². The lowest BCUT2D eigenvalue weighted by Gasteiger charge is -2.16. The van der Waals surface area contributed by atoms with Crippen molar-refractivity contribution in [3.63, 3.8) is 0 Å². The molecule has 1 atom stereocenters. The van der Waals surface area contributed by atoms with Gasteiger partial charge in [-0.3, -0.25) is 4.79 Å². The van der Waals surface area contributed by atoms with Gasteiger partial charge in [0.1, 0.15) is 6.54 Å². The molecule has 0 aliphatic rings. The Bertz CT molecular complexity index is 462. The zero-order valence-electron chi connectivity index (χ0n) is 11.5. The molecule has 0 aliphatic heterocycles. The van der Waals surface area contributed by atoms with Gasteiger partial charge in [-0.2, -0.15) is 13.2 Å². The molecule has 0 heterocycles. The average molecular weight is 305 g/mol. The highest BCUT2D eigenvalue weighted by atomic mass is 19.4. The second kappa shape index (κ2) is 7.84. The van der Waals surface area contributed by atoms with Crippen LogP contribution in [0.2, 0.25) is 0 Å². The van der Waals surface area contributed by atoms with E-state index in [1.165, 1.54) is 19.2 Å². The van der Waals surface area contributed by atoms with Crippen molar-refractivity contribution in [1.82, 2.24) is 0 Å². The van der Waals surface area contributed by atoms with Gasteiger partial charge in [0.25, 0.3) is 0 Å². The van der Waals surface area contributed by atoms with Crippen molar-refractivity contribution >= 4 is 17.3 Å². The van der Waals surface area contributed by atoms with Crippen LogP contribution in [0.3, 0.4) is 0 Å². The van der Waals surface area contributed by atoms with E-state index in [0.717, 1.165) is 0 Å². The number of halogens is 3. The van der Waals surface area contributed by atoms with Crippen molar-refractivity contribution in [3.8, 4) is 0 Å². The van der Waals surface area contributed by atoms with Gasteiger partial charge in [-0.25, -0.2) is 0 Å². The molecule has 0 saturated heterocycles. The zero-order valence-corrected chi connectivity index (χ0v) is 11.5. The number of benzene rings is 1. The highest BCUT2D eigenvalue weighted by Gasteiger charge is 2.27. The Morgan fingerprint density at radius 3 is 2.48 bits per heavy atom. The predicted molar refractivity (Wildman–Crippen MR) is 74.1 cm³/mol. The molecule has 1 rings (SSSR count). The minimum absolute atomic E-state index is 0.0284. The number of hydrogen-bond acceptors (Lipinski definition) is 4. The number of carbonyl (C=O) groups excluding carboxylic acids is 1. The summed E-state index contributed by atoms with van der Waals surface area (Å²) in [6, 6.07) is 6.16. The Morgan fingerprint density at radius 1 is 1.33 bits per heavy atom. The maximum atomic E-state index is 12.2. The van der Waals surface area contributed by atoms with Crippen molar-refractivity contribution in [2.45, 2.75) is 18.7 Å². The van der Waals surface area contributed by atoms with Gasteiger partial charge in [0.2, 0.25) is 5.91 Å². The topological polar surface area (TPSA) is 76.4 Å². The highest BCUT2D eigenvalue weighted by Crippen LogP contribution is 2.23. The number of nitrogens with two attached hydrogens (primary N) is 1. The highest BCUT2D eigenvalue weighted by molar-refractivity contribution is 5.94. The number of carbonyl (C=O) groups is 1. The Hall–Kier alpha value is -1.80. The molecule has 0 aliphatic carbocycles. The van der Waals surface area contributed by atoms with Crippen LogP contribution in [0.4, 0.5) is 24.5 Å². The van der Waals surface area contributed by atoms with Crippen LogP contribution in [0.1, 0.15) is 6.42 Å². The van der Waals surface area contributed by atoms with Gasteiger partial charge in [0.05, 0.1) is 23.9 Å². The molecule has 0 saturated carbocycles. The van der Waals surface area contributed by atoms with Gasteiger partial charge in [0.15, 0.2) is 0 Å². The molecule has 0 radical (unpaired) electrons. The van der Waals surface area contributed by atoms with Crippen LogP contribution in [-0.4, -0.2) is 38.4 Å². The Balaban J connectivity index is 2.68. The molecule has 1 unspecified atom stereocenters. The summed E-state index contributed by atoms with van der Waals surface area (Å²) in [5, 5.41) is 4.79. The summed E-state index contributed by atoms with van der Waals surface area (Å²) in [6.07, 6.45) is -4.74. The number of ether oxygens (including phenoxy) is 1. The summed E-state index contributed by atoms with van der Waals surface area (Å²) < 4.78 is 41.6. The Labute approximate surface area is 120 Å². The number of methoxy groups -OCH3 is 1. The van der Waals surface area contributed by atoms with E-state index >= 15 is 0 Å². The van der Waals surface area contributed by atoms with E-state index in [-0.39, 0.29) is 30.2 Å². The standard InChI is InChI=1S/C13H18F3N3O2/c1-21-9(7-17)6-12(20)19-11-5-3-2-4-10(11)18-8-13(14,15)16/h2-5,9,18H,6-8,17H2,1H3,(H,19,20). The van der Waals surface area contributed by atoms with E-state index in [4.69, 9.17) is 10.5 Å². The molecule has 21 heavy (non-hydrogen) atoms. The van der Waals surface area contributed by atoms with Crippen LogP contribution < -0.4 is 16.4 Å². The SMILES string of the molecule is COC(CN)CC(=O)Nc1ccccc1NCC(F)(F)F. The van der Waals surface area contributed by atoms with Gasteiger partial charge in [-0.15, -0.1) is 0 Å². The number of anilines is 2. The van der Waals surface area contributed by atoms with Crippen molar-refractivity contribution < 1.29 is 22.7 Å². The molecule has 118 valence electrons.